The molecule has 2 nitrogen and oxygen atoms in total. The summed E-state index contributed by atoms with van der Waals surface area (Å²) in [6, 6.07) is 0. The van der Waals surface area contributed by atoms with Crippen LogP contribution in [0.3, 0.4) is 0 Å². The second kappa shape index (κ2) is 5.61. The van der Waals surface area contributed by atoms with E-state index in [1.54, 1.807) is 6.92 Å². The molecule has 0 aromatic rings. The van der Waals surface area contributed by atoms with Crippen molar-refractivity contribution >= 4 is 5.97 Å². The fraction of sp³-hybridized carbons (Fsp3) is 0.864. The van der Waals surface area contributed by atoms with Gasteiger partial charge in [0.15, 0.2) is 0 Å². The minimum absolute atomic E-state index is 0.0922. The van der Waals surface area contributed by atoms with E-state index in [0.717, 1.165) is 30.1 Å². The van der Waals surface area contributed by atoms with Crippen molar-refractivity contribution in [3.63, 3.8) is 0 Å². The molecular weight excluding hydrogens is 296 g/mol. The van der Waals surface area contributed by atoms with Gasteiger partial charge in [-0.3, -0.25) is 4.79 Å². The quantitative estimate of drug-likeness (QED) is 0.467. The van der Waals surface area contributed by atoms with E-state index in [0.29, 0.717) is 5.41 Å². The average Bonchev–Trinajstić information content (AvgIpc) is 2.84. The van der Waals surface area contributed by atoms with Crippen LogP contribution in [0, 0.1) is 34.5 Å². The lowest BCUT2D eigenvalue weighted by Crippen LogP contribution is -2.53. The molecule has 0 aliphatic heterocycles. The van der Waals surface area contributed by atoms with Crippen molar-refractivity contribution in [2.24, 2.45) is 34.5 Å². The molecule has 0 N–H and O–H groups in total. The molecular formula is C22H34O2. The maximum Gasteiger partial charge on any atom is 0.302 e. The van der Waals surface area contributed by atoms with Crippen LogP contribution in [0.25, 0.3) is 0 Å². The summed E-state index contributed by atoms with van der Waals surface area (Å²) in [5.74, 6) is 3.29. The topological polar surface area (TPSA) is 26.3 Å². The van der Waals surface area contributed by atoms with Gasteiger partial charge in [0.1, 0.15) is 6.10 Å². The Kier molecular flexibility index (Phi) is 3.89. The molecule has 0 saturated heterocycles. The minimum atomic E-state index is -0.0922. The van der Waals surface area contributed by atoms with E-state index < -0.39 is 0 Å². The lowest BCUT2D eigenvalue weighted by molar-refractivity contribution is -0.160. The van der Waals surface area contributed by atoms with Gasteiger partial charge >= 0.3 is 5.97 Å². The van der Waals surface area contributed by atoms with Gasteiger partial charge in [-0.15, -0.1) is 0 Å². The summed E-state index contributed by atoms with van der Waals surface area (Å²) in [5.41, 5.74) is 2.26. The Labute approximate surface area is 147 Å². The maximum absolute atomic E-state index is 11.5. The first kappa shape index (κ1) is 16.7. The van der Waals surface area contributed by atoms with E-state index in [9.17, 15) is 4.79 Å². The molecule has 4 fully saturated rings. The number of ether oxygens (including phenoxy) is 1. The first-order valence-corrected chi connectivity index (χ1v) is 10.2. The first-order valence-electron chi connectivity index (χ1n) is 10.2. The Hall–Kier alpha value is -0.790. The van der Waals surface area contributed by atoms with E-state index in [4.69, 9.17) is 4.74 Å². The molecule has 0 unspecified atom stereocenters. The Bertz CT molecular complexity index is 552. The third-order valence-electron chi connectivity index (χ3n) is 8.84. The molecule has 0 aromatic heterocycles. The molecule has 0 bridgehead atoms. The second-order valence-electron chi connectivity index (χ2n) is 9.83. The van der Waals surface area contributed by atoms with Gasteiger partial charge in [-0.25, -0.2) is 0 Å². The van der Waals surface area contributed by atoms with E-state index in [1.807, 2.05) is 0 Å². The SMILES string of the molecule is C=C1CC[C@@]2(C)[C@@H](CC[C@H]3[C@@H]2CC[C@]2(C)[C@@H](OC(C)=O)CC[C@@H]32)C1. The normalized spacial score (nSPS) is 50.6. The molecule has 0 heterocycles. The number of fused-ring (bicyclic) bond motifs is 5. The molecule has 24 heavy (non-hydrogen) atoms. The highest BCUT2D eigenvalue weighted by molar-refractivity contribution is 5.66. The molecule has 4 rings (SSSR count). The van der Waals surface area contributed by atoms with Crippen LogP contribution in [0.15, 0.2) is 12.2 Å². The summed E-state index contributed by atoms with van der Waals surface area (Å²) >= 11 is 0. The largest absolute Gasteiger partial charge is 0.462 e. The number of esters is 1. The van der Waals surface area contributed by atoms with Gasteiger partial charge in [0.25, 0.3) is 0 Å². The Morgan fingerprint density at radius 3 is 2.54 bits per heavy atom. The minimum Gasteiger partial charge on any atom is -0.462 e. The average molecular weight is 331 g/mol. The number of carbonyl (C=O) groups is 1. The van der Waals surface area contributed by atoms with Gasteiger partial charge in [0.05, 0.1) is 0 Å². The fourth-order valence-corrected chi connectivity index (χ4v) is 7.50. The van der Waals surface area contributed by atoms with Gasteiger partial charge in [-0.1, -0.05) is 26.0 Å². The number of rotatable bonds is 1. The van der Waals surface area contributed by atoms with Crippen molar-refractivity contribution in [2.45, 2.75) is 84.7 Å². The van der Waals surface area contributed by atoms with Gasteiger partial charge in [-0.05, 0) is 86.9 Å². The van der Waals surface area contributed by atoms with Crippen LogP contribution >= 0.6 is 0 Å². The van der Waals surface area contributed by atoms with Gasteiger partial charge in [0.2, 0.25) is 0 Å². The van der Waals surface area contributed by atoms with Crippen LogP contribution in [-0.2, 0) is 9.53 Å². The third kappa shape index (κ3) is 2.31. The lowest BCUT2D eigenvalue weighted by Gasteiger charge is -2.60. The maximum atomic E-state index is 11.5. The fourth-order valence-electron chi connectivity index (χ4n) is 7.50. The van der Waals surface area contributed by atoms with E-state index in [-0.39, 0.29) is 17.5 Å². The van der Waals surface area contributed by atoms with Crippen molar-refractivity contribution in [3.05, 3.63) is 12.2 Å². The Morgan fingerprint density at radius 1 is 1.04 bits per heavy atom. The van der Waals surface area contributed by atoms with Crippen molar-refractivity contribution in [1.82, 2.24) is 0 Å². The highest BCUT2D eigenvalue weighted by Crippen LogP contribution is 2.66. The highest BCUT2D eigenvalue weighted by atomic mass is 16.5. The van der Waals surface area contributed by atoms with Crippen LogP contribution in [0.1, 0.15) is 78.6 Å². The smallest absolute Gasteiger partial charge is 0.302 e. The summed E-state index contributed by atoms with van der Waals surface area (Å²) in [5, 5.41) is 0. The van der Waals surface area contributed by atoms with Crippen molar-refractivity contribution < 1.29 is 9.53 Å². The standard InChI is InChI=1S/C22H34O2/c1-14-9-11-21(3)16(13-14)5-6-17-18-7-8-20(24-15(2)23)22(18,4)12-10-19(17)21/h16-20H,1,5-13H2,2-4H3/t16-,17+,18-,19-,20-,21-,22-/m0/s1. The van der Waals surface area contributed by atoms with Crippen molar-refractivity contribution in [2.75, 3.05) is 0 Å². The molecule has 0 aromatic carbocycles. The summed E-state index contributed by atoms with van der Waals surface area (Å²) in [6.07, 6.45) is 11.8. The molecule has 7 atom stereocenters. The summed E-state index contributed by atoms with van der Waals surface area (Å²) < 4.78 is 5.76. The molecule has 4 aliphatic rings. The molecule has 4 aliphatic carbocycles. The molecule has 4 saturated carbocycles. The highest BCUT2D eigenvalue weighted by Gasteiger charge is 2.60. The van der Waals surface area contributed by atoms with E-state index in [1.165, 1.54) is 56.9 Å². The summed E-state index contributed by atoms with van der Waals surface area (Å²) in [6.45, 7) is 10.9. The number of allylic oxidation sites excluding steroid dienone is 1. The van der Waals surface area contributed by atoms with Crippen LogP contribution in [-0.4, -0.2) is 12.1 Å². The van der Waals surface area contributed by atoms with E-state index >= 15 is 0 Å². The van der Waals surface area contributed by atoms with Crippen molar-refractivity contribution in [3.8, 4) is 0 Å². The Balaban J connectivity index is 1.58. The zero-order valence-electron chi connectivity index (χ0n) is 15.8. The number of hydrogen-bond donors (Lipinski definition) is 0. The third-order valence-corrected chi connectivity index (χ3v) is 8.84. The van der Waals surface area contributed by atoms with E-state index in [2.05, 4.69) is 20.4 Å². The van der Waals surface area contributed by atoms with Crippen LogP contribution in [0.2, 0.25) is 0 Å². The summed E-state index contributed by atoms with van der Waals surface area (Å²) in [4.78, 5) is 11.5. The molecule has 0 radical (unpaired) electrons. The zero-order chi connectivity index (χ0) is 17.1. The zero-order valence-corrected chi connectivity index (χ0v) is 15.8. The van der Waals surface area contributed by atoms with Gasteiger partial charge in [-0.2, -0.15) is 0 Å². The van der Waals surface area contributed by atoms with Crippen LogP contribution < -0.4 is 0 Å². The monoisotopic (exact) mass is 330 g/mol. The lowest BCUT2D eigenvalue weighted by atomic mass is 9.45. The predicted molar refractivity (Wildman–Crippen MR) is 96.4 cm³/mol. The molecule has 0 spiro atoms. The molecule has 0 amide bonds. The molecule has 134 valence electrons. The van der Waals surface area contributed by atoms with Crippen LogP contribution in [0.4, 0.5) is 0 Å². The number of carbonyl (C=O) groups excluding carboxylic acids is 1. The van der Waals surface area contributed by atoms with Crippen molar-refractivity contribution in [1.29, 1.82) is 0 Å². The first-order chi connectivity index (χ1) is 11.3. The molecule has 2 heteroatoms. The number of hydrogen-bond acceptors (Lipinski definition) is 2. The second-order valence-corrected chi connectivity index (χ2v) is 9.83. The Morgan fingerprint density at radius 2 is 1.79 bits per heavy atom. The predicted octanol–water partition coefficient (Wildman–Crippen LogP) is 5.52. The summed E-state index contributed by atoms with van der Waals surface area (Å²) in [7, 11) is 0. The van der Waals surface area contributed by atoms with Gasteiger partial charge < -0.3 is 4.74 Å². The van der Waals surface area contributed by atoms with Crippen LogP contribution in [0.5, 0.6) is 0 Å². The van der Waals surface area contributed by atoms with Gasteiger partial charge in [0, 0.05) is 12.3 Å².